The summed E-state index contributed by atoms with van der Waals surface area (Å²) in [5.74, 6) is -0.527. The summed E-state index contributed by atoms with van der Waals surface area (Å²) >= 11 is 5.79. The van der Waals surface area contributed by atoms with Gasteiger partial charge in [0, 0.05) is 30.6 Å². The summed E-state index contributed by atoms with van der Waals surface area (Å²) in [5, 5.41) is 4.26. The number of nitrogens with zero attached hydrogens (tertiary/aromatic N) is 2. The van der Waals surface area contributed by atoms with E-state index in [1.54, 1.807) is 29.2 Å². The third-order valence-corrected chi connectivity index (χ3v) is 3.90. The summed E-state index contributed by atoms with van der Waals surface area (Å²) in [4.78, 5) is 29.8. The zero-order valence-electron chi connectivity index (χ0n) is 12.3. The van der Waals surface area contributed by atoms with Crippen molar-refractivity contribution in [3.05, 3.63) is 34.9 Å². The molecule has 0 saturated carbocycles. The predicted molar refractivity (Wildman–Crippen MR) is 83.2 cm³/mol. The minimum absolute atomic E-state index is 0.0248. The van der Waals surface area contributed by atoms with Crippen molar-refractivity contribution in [3.63, 3.8) is 0 Å². The minimum atomic E-state index is -0.417. The van der Waals surface area contributed by atoms with Crippen LogP contribution in [-0.2, 0) is 14.4 Å². The van der Waals surface area contributed by atoms with Gasteiger partial charge in [-0.25, -0.2) is 4.79 Å². The molecule has 0 atom stereocenters. The van der Waals surface area contributed by atoms with Crippen LogP contribution in [0.4, 0.5) is 0 Å². The van der Waals surface area contributed by atoms with Gasteiger partial charge in [0.15, 0.2) is 5.84 Å². The lowest BCUT2D eigenvalue weighted by atomic mass is 9.97. The Morgan fingerprint density at radius 3 is 2.41 bits per heavy atom. The highest BCUT2D eigenvalue weighted by atomic mass is 35.5. The molecule has 1 aliphatic heterocycles. The zero-order valence-corrected chi connectivity index (χ0v) is 13.0. The number of benzene rings is 1. The molecular weight excluding hydrogens is 306 g/mol. The Labute approximate surface area is 133 Å². The maximum absolute atomic E-state index is 12.0. The monoisotopic (exact) mass is 323 g/mol. The molecule has 6 nitrogen and oxygen atoms in total. The van der Waals surface area contributed by atoms with Crippen LogP contribution in [0.1, 0.15) is 25.3 Å². The number of rotatable bonds is 3. The number of piperidine rings is 1. The summed E-state index contributed by atoms with van der Waals surface area (Å²) in [7, 11) is 0. The highest BCUT2D eigenvalue weighted by Crippen LogP contribution is 2.19. The van der Waals surface area contributed by atoms with E-state index >= 15 is 0 Å². The van der Waals surface area contributed by atoms with Crippen LogP contribution in [0.25, 0.3) is 0 Å². The molecule has 0 aliphatic carbocycles. The Kier molecular flexibility index (Phi) is 5.38. The number of amidine groups is 1. The Hall–Kier alpha value is -2.08. The second-order valence-electron chi connectivity index (χ2n) is 5.17. The van der Waals surface area contributed by atoms with Gasteiger partial charge >= 0.3 is 5.97 Å². The van der Waals surface area contributed by atoms with E-state index < -0.39 is 5.97 Å². The molecule has 0 radical (unpaired) electrons. The van der Waals surface area contributed by atoms with Crippen LogP contribution < -0.4 is 5.73 Å². The van der Waals surface area contributed by atoms with Crippen LogP contribution in [0, 0.1) is 5.92 Å². The average Bonchev–Trinajstić information content (AvgIpc) is 2.53. The molecule has 1 amide bonds. The second-order valence-corrected chi connectivity index (χ2v) is 5.61. The fraction of sp³-hybridized carbons (Fsp3) is 0.400. The standard InChI is InChI=1S/C15H18ClN3O3/c1-10(20)19-8-6-12(7-9-19)15(21)22-18-14(17)11-2-4-13(16)5-3-11/h2-5,12H,6-9H2,1H3,(H2,17,18). The fourth-order valence-corrected chi connectivity index (χ4v) is 2.40. The first-order chi connectivity index (χ1) is 10.5. The van der Waals surface area contributed by atoms with E-state index in [9.17, 15) is 9.59 Å². The summed E-state index contributed by atoms with van der Waals surface area (Å²) < 4.78 is 0. The van der Waals surface area contributed by atoms with E-state index in [0.717, 1.165) is 0 Å². The first-order valence-corrected chi connectivity index (χ1v) is 7.41. The molecule has 1 saturated heterocycles. The molecule has 118 valence electrons. The van der Waals surface area contributed by atoms with Crippen molar-refractivity contribution in [1.82, 2.24) is 4.90 Å². The van der Waals surface area contributed by atoms with Crippen molar-refractivity contribution in [2.24, 2.45) is 16.8 Å². The number of halogens is 1. The lowest BCUT2D eigenvalue weighted by Crippen LogP contribution is -2.39. The Bertz CT molecular complexity index is 578. The number of nitrogens with two attached hydrogens (primary N) is 1. The van der Waals surface area contributed by atoms with Crippen molar-refractivity contribution in [3.8, 4) is 0 Å². The largest absolute Gasteiger partial charge is 0.380 e. The smallest absolute Gasteiger partial charge is 0.338 e. The molecule has 1 aromatic carbocycles. The van der Waals surface area contributed by atoms with Crippen molar-refractivity contribution in [1.29, 1.82) is 0 Å². The average molecular weight is 324 g/mol. The molecule has 2 N–H and O–H groups in total. The third kappa shape index (κ3) is 4.21. The van der Waals surface area contributed by atoms with Crippen molar-refractivity contribution in [2.75, 3.05) is 13.1 Å². The molecule has 2 rings (SSSR count). The van der Waals surface area contributed by atoms with Crippen molar-refractivity contribution >= 4 is 29.3 Å². The molecule has 1 aromatic rings. The van der Waals surface area contributed by atoms with E-state index in [2.05, 4.69) is 5.16 Å². The van der Waals surface area contributed by atoms with Crippen LogP contribution >= 0.6 is 11.6 Å². The molecule has 0 aromatic heterocycles. The molecule has 0 bridgehead atoms. The highest BCUT2D eigenvalue weighted by molar-refractivity contribution is 6.30. The molecule has 0 unspecified atom stereocenters. The molecule has 1 fully saturated rings. The molecule has 22 heavy (non-hydrogen) atoms. The molecular formula is C15H18ClN3O3. The van der Waals surface area contributed by atoms with Gasteiger partial charge in [0.05, 0.1) is 5.92 Å². The van der Waals surface area contributed by atoms with Crippen LogP contribution in [0.2, 0.25) is 5.02 Å². The normalized spacial score (nSPS) is 16.5. The number of hydrogen-bond acceptors (Lipinski definition) is 4. The van der Waals surface area contributed by atoms with E-state index in [1.165, 1.54) is 6.92 Å². The first kappa shape index (κ1) is 16.3. The maximum Gasteiger partial charge on any atom is 0.338 e. The van der Waals surface area contributed by atoms with Gasteiger partial charge in [-0.2, -0.15) is 0 Å². The quantitative estimate of drug-likeness (QED) is 0.397. The highest BCUT2D eigenvalue weighted by Gasteiger charge is 2.27. The Morgan fingerprint density at radius 2 is 1.86 bits per heavy atom. The van der Waals surface area contributed by atoms with E-state index in [4.69, 9.17) is 22.2 Å². The van der Waals surface area contributed by atoms with Crippen LogP contribution in [0.3, 0.4) is 0 Å². The van der Waals surface area contributed by atoms with E-state index in [0.29, 0.717) is 36.5 Å². The zero-order chi connectivity index (χ0) is 16.1. The van der Waals surface area contributed by atoms with E-state index in [1.807, 2.05) is 0 Å². The topological polar surface area (TPSA) is 85.0 Å². The summed E-state index contributed by atoms with van der Waals surface area (Å²) in [5.41, 5.74) is 6.39. The van der Waals surface area contributed by atoms with Gasteiger partial charge < -0.3 is 15.5 Å². The van der Waals surface area contributed by atoms with Gasteiger partial charge in [-0.05, 0) is 37.1 Å². The summed E-state index contributed by atoms with van der Waals surface area (Å²) in [6.45, 7) is 2.65. The lowest BCUT2D eigenvalue weighted by molar-refractivity contribution is -0.151. The maximum atomic E-state index is 12.0. The van der Waals surface area contributed by atoms with Crippen molar-refractivity contribution in [2.45, 2.75) is 19.8 Å². The molecule has 1 aliphatic rings. The molecule has 7 heteroatoms. The number of oxime groups is 1. The minimum Gasteiger partial charge on any atom is -0.380 e. The number of carbonyl (C=O) groups is 2. The number of likely N-dealkylation sites (tertiary alicyclic amines) is 1. The summed E-state index contributed by atoms with van der Waals surface area (Å²) in [6.07, 6.45) is 1.16. The first-order valence-electron chi connectivity index (χ1n) is 7.03. The van der Waals surface area contributed by atoms with Crippen molar-refractivity contribution < 1.29 is 14.4 Å². The molecule has 0 spiro atoms. The number of hydrogen-bond donors (Lipinski definition) is 1. The van der Waals surface area contributed by atoms with E-state index in [-0.39, 0.29) is 17.7 Å². The van der Waals surface area contributed by atoms with Crippen LogP contribution in [0.15, 0.2) is 29.4 Å². The SMILES string of the molecule is CC(=O)N1CCC(C(=O)ON=C(N)c2ccc(Cl)cc2)CC1. The Balaban J connectivity index is 1.88. The number of carbonyl (C=O) groups excluding carboxylic acids is 2. The summed E-state index contributed by atoms with van der Waals surface area (Å²) in [6, 6.07) is 6.75. The third-order valence-electron chi connectivity index (χ3n) is 3.65. The second kappa shape index (κ2) is 7.26. The van der Waals surface area contributed by atoms with Gasteiger partial charge in [0.2, 0.25) is 5.91 Å². The fourth-order valence-electron chi connectivity index (χ4n) is 2.27. The van der Waals surface area contributed by atoms with Gasteiger partial charge in [-0.1, -0.05) is 16.8 Å². The van der Waals surface area contributed by atoms with Crippen LogP contribution in [-0.4, -0.2) is 35.7 Å². The van der Waals surface area contributed by atoms with Crippen LogP contribution in [0.5, 0.6) is 0 Å². The van der Waals surface area contributed by atoms with Gasteiger partial charge in [0.1, 0.15) is 0 Å². The van der Waals surface area contributed by atoms with Gasteiger partial charge in [0.25, 0.3) is 0 Å². The van der Waals surface area contributed by atoms with Gasteiger partial charge in [-0.15, -0.1) is 0 Å². The molecule has 1 heterocycles. The van der Waals surface area contributed by atoms with Gasteiger partial charge in [-0.3, -0.25) is 4.79 Å². The lowest BCUT2D eigenvalue weighted by Gasteiger charge is -2.29. The Morgan fingerprint density at radius 1 is 1.27 bits per heavy atom. The number of amides is 1. The predicted octanol–water partition coefficient (Wildman–Crippen LogP) is 1.76.